The van der Waals surface area contributed by atoms with Crippen LogP contribution < -0.4 is 5.32 Å². The van der Waals surface area contributed by atoms with Crippen molar-refractivity contribution >= 4 is 5.97 Å². The summed E-state index contributed by atoms with van der Waals surface area (Å²) in [6.45, 7) is 16.2. The molecule has 0 radical (unpaired) electrons. The first-order valence-electron chi connectivity index (χ1n) is 7.54. The first-order valence-corrected chi connectivity index (χ1v) is 7.54. The van der Waals surface area contributed by atoms with Crippen LogP contribution in [0.3, 0.4) is 0 Å². The van der Waals surface area contributed by atoms with E-state index in [1.54, 1.807) is 0 Å². The molecule has 1 aliphatic rings. The molecule has 0 aromatic carbocycles. The fraction of sp³-hybridized carbons (Fsp3) is 0.933. The average molecular weight is 285 g/mol. The van der Waals surface area contributed by atoms with Gasteiger partial charge in [-0.25, -0.2) is 0 Å². The normalized spacial score (nSPS) is 21.5. The Kier molecular flexibility index (Phi) is 5.98. The van der Waals surface area contributed by atoms with Crippen molar-refractivity contribution in [3.63, 3.8) is 0 Å². The van der Waals surface area contributed by atoms with Gasteiger partial charge in [0.2, 0.25) is 0 Å². The summed E-state index contributed by atoms with van der Waals surface area (Å²) in [4.78, 5) is 16.8. The third-order valence-electron chi connectivity index (χ3n) is 4.06. The Morgan fingerprint density at radius 3 is 2.10 bits per heavy atom. The second-order valence-electron chi connectivity index (χ2n) is 6.79. The van der Waals surface area contributed by atoms with Crippen LogP contribution in [0.25, 0.3) is 0 Å². The van der Waals surface area contributed by atoms with Gasteiger partial charge in [-0.15, -0.1) is 0 Å². The summed E-state index contributed by atoms with van der Waals surface area (Å²) in [6.07, 6.45) is 0. The fourth-order valence-corrected chi connectivity index (χ4v) is 2.83. The number of hydrogen-bond acceptors (Lipinski definition) is 5. The van der Waals surface area contributed by atoms with Crippen molar-refractivity contribution in [3.05, 3.63) is 0 Å². The lowest BCUT2D eigenvalue weighted by Crippen LogP contribution is -2.61. The summed E-state index contributed by atoms with van der Waals surface area (Å²) >= 11 is 0. The molecule has 0 saturated carbocycles. The highest BCUT2D eigenvalue weighted by Crippen LogP contribution is 2.17. The summed E-state index contributed by atoms with van der Waals surface area (Å²) < 4.78 is 4.95. The van der Waals surface area contributed by atoms with E-state index in [4.69, 9.17) is 4.74 Å². The summed E-state index contributed by atoms with van der Waals surface area (Å²) in [6, 6.07) is 0. The molecule has 1 heterocycles. The van der Waals surface area contributed by atoms with E-state index in [1.165, 1.54) is 7.11 Å². The second-order valence-corrected chi connectivity index (χ2v) is 6.79. The number of ether oxygens (including phenoxy) is 1. The second kappa shape index (κ2) is 6.87. The maximum atomic E-state index is 12.0. The lowest BCUT2D eigenvalue weighted by atomic mass is 10.00. The standard InChI is InChI=1S/C15H31N3O2/c1-7-16-15(5,13(19)20-6)12-17-8-10-18(11-9-17)14(2,3)4/h16H,7-12H2,1-6H3. The van der Waals surface area contributed by atoms with Crippen LogP contribution >= 0.6 is 0 Å². The maximum Gasteiger partial charge on any atom is 0.327 e. The molecule has 20 heavy (non-hydrogen) atoms. The number of esters is 1. The molecule has 5 nitrogen and oxygen atoms in total. The fourth-order valence-electron chi connectivity index (χ4n) is 2.83. The van der Waals surface area contributed by atoms with Crippen molar-refractivity contribution in [2.75, 3.05) is 46.4 Å². The highest BCUT2D eigenvalue weighted by Gasteiger charge is 2.37. The van der Waals surface area contributed by atoms with Crippen LogP contribution in [0.15, 0.2) is 0 Å². The van der Waals surface area contributed by atoms with Gasteiger partial charge in [-0.3, -0.25) is 14.6 Å². The minimum Gasteiger partial charge on any atom is -0.468 e. The minimum absolute atomic E-state index is 0.183. The van der Waals surface area contributed by atoms with Gasteiger partial charge in [-0.2, -0.15) is 0 Å². The van der Waals surface area contributed by atoms with Crippen molar-refractivity contribution in [2.45, 2.75) is 45.7 Å². The molecule has 1 rings (SSSR count). The van der Waals surface area contributed by atoms with Crippen LogP contribution in [0.2, 0.25) is 0 Å². The van der Waals surface area contributed by atoms with Crippen molar-refractivity contribution < 1.29 is 9.53 Å². The van der Waals surface area contributed by atoms with Gasteiger partial charge < -0.3 is 10.1 Å². The number of methoxy groups -OCH3 is 1. The molecule has 0 aliphatic carbocycles. The summed E-state index contributed by atoms with van der Waals surface area (Å²) in [5.74, 6) is -0.183. The van der Waals surface area contributed by atoms with Crippen molar-refractivity contribution in [2.24, 2.45) is 0 Å². The van der Waals surface area contributed by atoms with Crippen LogP contribution in [0.4, 0.5) is 0 Å². The van der Waals surface area contributed by atoms with Crippen LogP contribution in [0, 0.1) is 0 Å². The van der Waals surface area contributed by atoms with Gasteiger partial charge in [0.05, 0.1) is 7.11 Å². The molecule has 0 bridgehead atoms. The summed E-state index contributed by atoms with van der Waals surface area (Å²) in [5, 5.41) is 3.27. The zero-order valence-corrected chi connectivity index (χ0v) is 14.0. The van der Waals surface area contributed by atoms with Gasteiger partial charge in [0.1, 0.15) is 5.54 Å². The molecule has 0 amide bonds. The highest BCUT2D eigenvalue weighted by molar-refractivity contribution is 5.80. The van der Waals surface area contributed by atoms with Gasteiger partial charge in [0.15, 0.2) is 0 Å². The molecular weight excluding hydrogens is 254 g/mol. The molecule has 0 aromatic heterocycles. The molecule has 1 unspecified atom stereocenters. The van der Waals surface area contributed by atoms with E-state index in [0.29, 0.717) is 6.54 Å². The van der Waals surface area contributed by atoms with E-state index >= 15 is 0 Å². The number of nitrogens with zero attached hydrogens (tertiary/aromatic N) is 2. The van der Waals surface area contributed by atoms with E-state index in [9.17, 15) is 4.79 Å². The van der Waals surface area contributed by atoms with Gasteiger partial charge in [-0.1, -0.05) is 6.92 Å². The molecule has 0 spiro atoms. The Morgan fingerprint density at radius 1 is 1.15 bits per heavy atom. The van der Waals surface area contributed by atoms with E-state index in [0.717, 1.165) is 32.7 Å². The van der Waals surface area contributed by atoms with E-state index in [1.807, 2.05) is 13.8 Å². The quantitative estimate of drug-likeness (QED) is 0.762. The van der Waals surface area contributed by atoms with Gasteiger partial charge >= 0.3 is 5.97 Å². The third-order valence-corrected chi connectivity index (χ3v) is 4.06. The zero-order chi connectivity index (χ0) is 15.4. The van der Waals surface area contributed by atoms with Crippen molar-refractivity contribution in [3.8, 4) is 0 Å². The molecule has 1 atom stereocenters. The SMILES string of the molecule is CCNC(C)(CN1CCN(C(C)(C)C)CC1)C(=O)OC. The third kappa shape index (κ3) is 4.43. The molecular formula is C15H31N3O2. The lowest BCUT2D eigenvalue weighted by Gasteiger charge is -2.44. The molecule has 1 fully saturated rings. The van der Waals surface area contributed by atoms with E-state index < -0.39 is 5.54 Å². The number of hydrogen-bond donors (Lipinski definition) is 1. The van der Waals surface area contributed by atoms with E-state index in [2.05, 4.69) is 35.9 Å². The number of carbonyl (C=O) groups excluding carboxylic acids is 1. The van der Waals surface area contributed by atoms with Crippen LogP contribution in [-0.2, 0) is 9.53 Å². The minimum atomic E-state index is -0.618. The van der Waals surface area contributed by atoms with Crippen LogP contribution in [-0.4, -0.2) is 73.2 Å². The Labute approximate surface area is 123 Å². The molecule has 1 saturated heterocycles. The molecule has 118 valence electrons. The average Bonchev–Trinajstić information content (AvgIpc) is 2.37. The monoisotopic (exact) mass is 285 g/mol. The Bertz CT molecular complexity index is 320. The largest absolute Gasteiger partial charge is 0.468 e. The number of nitrogens with one attached hydrogen (secondary N) is 1. The predicted molar refractivity (Wildman–Crippen MR) is 81.9 cm³/mol. The summed E-state index contributed by atoms with van der Waals surface area (Å²) in [7, 11) is 1.45. The van der Waals surface area contributed by atoms with Crippen molar-refractivity contribution in [1.29, 1.82) is 0 Å². The Hall–Kier alpha value is -0.650. The smallest absolute Gasteiger partial charge is 0.327 e. The summed E-state index contributed by atoms with van der Waals surface area (Å²) in [5.41, 5.74) is -0.396. The first kappa shape index (κ1) is 17.4. The van der Waals surface area contributed by atoms with Gasteiger partial charge in [-0.05, 0) is 34.2 Å². The number of piperazine rings is 1. The van der Waals surface area contributed by atoms with Gasteiger partial charge in [0, 0.05) is 38.3 Å². The Morgan fingerprint density at radius 2 is 1.70 bits per heavy atom. The molecule has 5 heteroatoms. The first-order chi connectivity index (χ1) is 9.23. The topological polar surface area (TPSA) is 44.8 Å². The lowest BCUT2D eigenvalue weighted by molar-refractivity contribution is -0.149. The number of carbonyl (C=O) groups is 1. The van der Waals surface area contributed by atoms with Crippen LogP contribution in [0.1, 0.15) is 34.6 Å². The number of rotatable bonds is 5. The number of likely N-dealkylation sites (N-methyl/N-ethyl adjacent to an activating group) is 1. The van der Waals surface area contributed by atoms with Crippen molar-refractivity contribution in [1.82, 2.24) is 15.1 Å². The predicted octanol–water partition coefficient (Wildman–Crippen LogP) is 0.944. The molecule has 1 N–H and O–H groups in total. The highest BCUT2D eigenvalue weighted by atomic mass is 16.5. The van der Waals surface area contributed by atoms with Gasteiger partial charge in [0.25, 0.3) is 0 Å². The Balaban J connectivity index is 2.58. The van der Waals surface area contributed by atoms with E-state index in [-0.39, 0.29) is 11.5 Å². The molecule has 1 aliphatic heterocycles. The molecule has 0 aromatic rings. The maximum absolute atomic E-state index is 12.0. The zero-order valence-electron chi connectivity index (χ0n) is 14.0. The van der Waals surface area contributed by atoms with Crippen LogP contribution in [0.5, 0.6) is 0 Å².